The van der Waals surface area contributed by atoms with Gasteiger partial charge >= 0.3 is 6.18 Å². The molecule has 1 saturated carbocycles. The minimum absolute atomic E-state index is 0.00163. The predicted molar refractivity (Wildman–Crippen MR) is 85.6 cm³/mol. The van der Waals surface area contributed by atoms with Crippen LogP contribution in [0.25, 0.3) is 0 Å². The molecule has 2 bridgehead atoms. The number of nitrogens with zero attached hydrogens (tertiary/aromatic N) is 2. The van der Waals surface area contributed by atoms with E-state index in [1.807, 2.05) is 11.7 Å². The van der Waals surface area contributed by atoms with Crippen molar-refractivity contribution in [3.05, 3.63) is 45.3 Å². The lowest BCUT2D eigenvalue weighted by Crippen LogP contribution is -2.35. The summed E-state index contributed by atoms with van der Waals surface area (Å²) < 4.78 is 46.4. The van der Waals surface area contributed by atoms with E-state index in [9.17, 15) is 18.0 Å². The van der Waals surface area contributed by atoms with Crippen molar-refractivity contribution in [2.75, 3.05) is 0 Å². The second kappa shape index (κ2) is 4.62. The maximum Gasteiger partial charge on any atom is 0.449 e. The van der Waals surface area contributed by atoms with Gasteiger partial charge < -0.3 is 4.42 Å². The topological polar surface area (TPSA) is 40.1 Å². The summed E-state index contributed by atoms with van der Waals surface area (Å²) in [5.41, 5.74) is 1.68. The Hall–Kier alpha value is -1.92. The molecular formula is C18H21F3N2O2. The molecule has 0 aliphatic heterocycles. The smallest absolute Gasteiger partial charge is 0.449 e. The highest BCUT2D eigenvalue weighted by Crippen LogP contribution is 2.66. The molecule has 4 rings (SSSR count). The van der Waals surface area contributed by atoms with Crippen LogP contribution in [0.4, 0.5) is 13.2 Å². The summed E-state index contributed by atoms with van der Waals surface area (Å²) >= 11 is 0. The van der Waals surface area contributed by atoms with E-state index in [1.165, 1.54) is 10.7 Å². The molecule has 136 valence electrons. The maximum absolute atomic E-state index is 13.0. The second-order valence-electron chi connectivity index (χ2n) is 8.06. The standard InChI is InChI=1S/C18H21F3N2O2/c1-16(2)11-7-8-17(16,3)14-13(11)15(24)23(22(14)4)9-10-5-6-12(25-10)18(19,20)21/h5-6,11H,7-9H2,1-4H3. The summed E-state index contributed by atoms with van der Waals surface area (Å²) in [6, 6.07) is 2.19. The van der Waals surface area contributed by atoms with E-state index in [1.54, 1.807) is 0 Å². The molecule has 2 unspecified atom stereocenters. The molecule has 0 spiro atoms. The van der Waals surface area contributed by atoms with Crippen molar-refractivity contribution in [3.8, 4) is 0 Å². The van der Waals surface area contributed by atoms with Gasteiger partial charge in [0.25, 0.3) is 5.56 Å². The summed E-state index contributed by atoms with van der Waals surface area (Å²) in [4.78, 5) is 13.0. The highest BCUT2D eigenvalue weighted by Gasteiger charge is 2.62. The Bertz CT molecular complexity index is 916. The average Bonchev–Trinajstić information content (AvgIpc) is 3.16. The van der Waals surface area contributed by atoms with Crippen molar-refractivity contribution >= 4 is 0 Å². The van der Waals surface area contributed by atoms with Crippen LogP contribution in [0, 0.1) is 5.41 Å². The highest BCUT2D eigenvalue weighted by atomic mass is 19.4. The lowest BCUT2D eigenvalue weighted by Gasteiger charge is -2.36. The van der Waals surface area contributed by atoms with Gasteiger partial charge in [0, 0.05) is 18.0 Å². The van der Waals surface area contributed by atoms with Gasteiger partial charge in [-0.3, -0.25) is 9.48 Å². The number of aromatic nitrogens is 2. The molecule has 4 nitrogen and oxygen atoms in total. The maximum atomic E-state index is 13.0. The largest absolute Gasteiger partial charge is 0.455 e. The first-order valence-corrected chi connectivity index (χ1v) is 8.44. The molecule has 0 saturated heterocycles. The van der Waals surface area contributed by atoms with Crippen LogP contribution < -0.4 is 5.56 Å². The molecule has 2 aliphatic carbocycles. The van der Waals surface area contributed by atoms with E-state index in [2.05, 4.69) is 20.8 Å². The zero-order valence-corrected chi connectivity index (χ0v) is 14.7. The highest BCUT2D eigenvalue weighted by molar-refractivity contribution is 5.45. The molecule has 2 heterocycles. The van der Waals surface area contributed by atoms with Gasteiger partial charge in [-0.05, 0) is 36.3 Å². The fraction of sp³-hybridized carbons (Fsp3) is 0.611. The molecular weight excluding hydrogens is 333 g/mol. The first kappa shape index (κ1) is 16.5. The van der Waals surface area contributed by atoms with Crippen LogP contribution in [-0.2, 0) is 25.2 Å². The van der Waals surface area contributed by atoms with Crippen molar-refractivity contribution in [3.63, 3.8) is 0 Å². The summed E-state index contributed by atoms with van der Waals surface area (Å²) in [5, 5.41) is 0. The normalized spacial score (nSPS) is 27.1. The molecule has 0 amide bonds. The van der Waals surface area contributed by atoms with E-state index in [-0.39, 0.29) is 34.6 Å². The monoisotopic (exact) mass is 354 g/mol. The predicted octanol–water partition coefficient (Wildman–Crippen LogP) is 4.02. The van der Waals surface area contributed by atoms with E-state index in [0.717, 1.165) is 30.2 Å². The fourth-order valence-corrected chi connectivity index (χ4v) is 5.01. The van der Waals surface area contributed by atoms with Gasteiger partial charge in [-0.15, -0.1) is 0 Å². The molecule has 0 radical (unpaired) electrons. The molecule has 2 aromatic rings. The van der Waals surface area contributed by atoms with Crippen LogP contribution in [0.5, 0.6) is 0 Å². The lowest BCUT2D eigenvalue weighted by molar-refractivity contribution is -0.153. The minimum Gasteiger partial charge on any atom is -0.455 e. The van der Waals surface area contributed by atoms with Gasteiger partial charge in [-0.1, -0.05) is 20.8 Å². The van der Waals surface area contributed by atoms with Gasteiger partial charge in [0.15, 0.2) is 0 Å². The lowest BCUT2D eigenvalue weighted by atomic mass is 9.70. The molecule has 0 aromatic carbocycles. The van der Waals surface area contributed by atoms with Gasteiger partial charge in [0.05, 0.1) is 5.69 Å². The third-order valence-corrected chi connectivity index (χ3v) is 6.75. The molecule has 1 fully saturated rings. The van der Waals surface area contributed by atoms with Crippen LogP contribution in [0.15, 0.2) is 21.3 Å². The summed E-state index contributed by atoms with van der Waals surface area (Å²) in [6.07, 6.45) is -2.52. The zero-order valence-electron chi connectivity index (χ0n) is 14.7. The minimum atomic E-state index is -4.52. The third kappa shape index (κ3) is 1.92. The van der Waals surface area contributed by atoms with Crippen LogP contribution in [0.3, 0.4) is 0 Å². The molecule has 2 aliphatic rings. The zero-order chi connectivity index (χ0) is 18.4. The first-order valence-electron chi connectivity index (χ1n) is 8.44. The first-order chi connectivity index (χ1) is 11.5. The van der Waals surface area contributed by atoms with Gasteiger partial charge in [0.2, 0.25) is 5.76 Å². The Labute approximate surface area is 143 Å². The fourth-order valence-electron chi connectivity index (χ4n) is 5.01. The number of alkyl halides is 3. The Morgan fingerprint density at radius 2 is 1.96 bits per heavy atom. The number of furan rings is 1. The summed E-state index contributed by atoms with van der Waals surface area (Å²) in [5.74, 6) is -0.703. The Morgan fingerprint density at radius 1 is 1.28 bits per heavy atom. The van der Waals surface area contributed by atoms with Crippen molar-refractivity contribution in [2.24, 2.45) is 12.5 Å². The van der Waals surface area contributed by atoms with E-state index in [4.69, 9.17) is 4.42 Å². The Kier molecular flexibility index (Phi) is 3.06. The van der Waals surface area contributed by atoms with Crippen molar-refractivity contribution < 1.29 is 17.6 Å². The van der Waals surface area contributed by atoms with E-state index >= 15 is 0 Å². The van der Waals surface area contributed by atoms with Gasteiger partial charge in [-0.25, -0.2) is 4.68 Å². The van der Waals surface area contributed by atoms with Gasteiger partial charge in [0.1, 0.15) is 12.3 Å². The van der Waals surface area contributed by atoms with Crippen LogP contribution >= 0.6 is 0 Å². The Balaban J connectivity index is 1.77. The Morgan fingerprint density at radius 3 is 2.52 bits per heavy atom. The van der Waals surface area contributed by atoms with Crippen molar-refractivity contribution in [1.82, 2.24) is 9.36 Å². The number of hydrogen-bond donors (Lipinski definition) is 0. The number of rotatable bonds is 2. The van der Waals surface area contributed by atoms with Crippen molar-refractivity contribution in [2.45, 2.75) is 57.7 Å². The summed E-state index contributed by atoms with van der Waals surface area (Å²) in [6.45, 7) is 6.60. The van der Waals surface area contributed by atoms with Crippen LogP contribution in [-0.4, -0.2) is 9.36 Å². The number of halogens is 3. The van der Waals surface area contributed by atoms with Crippen LogP contribution in [0.2, 0.25) is 0 Å². The summed E-state index contributed by atoms with van der Waals surface area (Å²) in [7, 11) is 1.82. The SMILES string of the molecule is Cn1c2c(c(=O)n1Cc1ccc(C(F)(F)F)o1)C1CCC2(C)C1(C)C. The molecule has 2 atom stereocenters. The molecule has 2 aromatic heterocycles. The third-order valence-electron chi connectivity index (χ3n) is 6.75. The van der Waals surface area contributed by atoms with Crippen LogP contribution in [0.1, 0.15) is 62.3 Å². The van der Waals surface area contributed by atoms with E-state index in [0.29, 0.717) is 0 Å². The molecule has 7 heteroatoms. The molecule has 0 N–H and O–H groups in total. The number of fused-ring (bicyclic) bond motifs is 5. The molecule has 25 heavy (non-hydrogen) atoms. The second-order valence-corrected chi connectivity index (χ2v) is 8.06. The average molecular weight is 354 g/mol. The van der Waals surface area contributed by atoms with Crippen molar-refractivity contribution in [1.29, 1.82) is 0 Å². The van der Waals surface area contributed by atoms with E-state index < -0.39 is 11.9 Å². The van der Waals surface area contributed by atoms with Gasteiger partial charge in [-0.2, -0.15) is 13.2 Å². The quantitative estimate of drug-likeness (QED) is 0.817. The number of hydrogen-bond acceptors (Lipinski definition) is 2.